The Bertz CT molecular complexity index is 714. The maximum atomic E-state index is 14.2. The van der Waals surface area contributed by atoms with Gasteiger partial charge in [-0.25, -0.2) is 13.5 Å². The van der Waals surface area contributed by atoms with E-state index >= 15 is 0 Å². The van der Waals surface area contributed by atoms with Gasteiger partial charge in [0.2, 0.25) is 0 Å². The Morgan fingerprint density at radius 3 is 2.92 bits per heavy atom. The third kappa shape index (κ3) is 2.77. The summed E-state index contributed by atoms with van der Waals surface area (Å²) in [7, 11) is 0. The average molecular weight is 333 g/mol. The van der Waals surface area contributed by atoms with Crippen LogP contribution in [0.3, 0.4) is 0 Å². The summed E-state index contributed by atoms with van der Waals surface area (Å²) in [5.41, 5.74) is 0.373. The number of nitrogens with zero attached hydrogens (tertiary/aromatic N) is 4. The number of benzene rings is 1. The predicted molar refractivity (Wildman–Crippen MR) is 83.4 cm³/mol. The number of hydrogen-bond donors (Lipinski definition) is 0. The Kier molecular flexibility index (Phi) is 4.18. The predicted octanol–water partition coefficient (Wildman–Crippen LogP) is 3.40. The number of rotatable bonds is 3. The molecule has 2 aliphatic heterocycles. The Balaban J connectivity index is 1.66. The van der Waals surface area contributed by atoms with Crippen LogP contribution in [-0.4, -0.2) is 28.1 Å². The maximum Gasteiger partial charge on any atom is 0.161 e. The minimum atomic E-state index is -0.426. The first-order chi connectivity index (χ1) is 11.7. The van der Waals surface area contributed by atoms with Gasteiger partial charge < -0.3 is 9.64 Å². The first kappa shape index (κ1) is 15.5. The summed E-state index contributed by atoms with van der Waals surface area (Å²) in [5.74, 6) is -0.126. The fourth-order valence-corrected chi connectivity index (χ4v) is 3.63. The average Bonchev–Trinajstić information content (AvgIpc) is 3.26. The molecule has 1 aromatic carbocycles. The zero-order valence-electron chi connectivity index (χ0n) is 13.3. The molecule has 3 heterocycles. The van der Waals surface area contributed by atoms with Crippen molar-refractivity contribution in [3.05, 3.63) is 41.6 Å². The van der Waals surface area contributed by atoms with E-state index < -0.39 is 5.82 Å². The van der Waals surface area contributed by atoms with Crippen molar-refractivity contribution in [1.82, 2.24) is 15.0 Å². The van der Waals surface area contributed by atoms with E-state index in [9.17, 15) is 8.78 Å². The first-order valence-electron chi connectivity index (χ1n) is 8.40. The lowest BCUT2D eigenvalue weighted by Gasteiger charge is -2.30. The molecular formula is C17H19F2N4O. The minimum Gasteiger partial charge on any atom is -0.356 e. The van der Waals surface area contributed by atoms with E-state index in [1.54, 1.807) is 4.68 Å². The fraction of sp³-hybridized carbons (Fsp3) is 0.529. The van der Waals surface area contributed by atoms with Gasteiger partial charge in [0.1, 0.15) is 11.6 Å². The van der Waals surface area contributed by atoms with Crippen molar-refractivity contribution in [3.8, 4) is 0 Å². The van der Waals surface area contributed by atoms with Crippen molar-refractivity contribution < 1.29 is 13.5 Å². The first-order valence-corrected chi connectivity index (χ1v) is 8.40. The molecule has 0 aliphatic carbocycles. The molecule has 4 rings (SSSR count). The Morgan fingerprint density at radius 1 is 1.17 bits per heavy atom. The highest BCUT2D eigenvalue weighted by Gasteiger charge is 2.33. The molecule has 2 fully saturated rings. The molecule has 2 saturated heterocycles. The van der Waals surface area contributed by atoms with Crippen LogP contribution in [0, 0.1) is 17.8 Å². The molecule has 1 aromatic heterocycles. The second kappa shape index (κ2) is 6.47. The molecule has 2 aromatic rings. The Labute approximate surface area is 139 Å². The van der Waals surface area contributed by atoms with Gasteiger partial charge in [-0.3, -0.25) is 0 Å². The van der Waals surface area contributed by atoms with E-state index in [1.165, 1.54) is 12.1 Å². The van der Waals surface area contributed by atoms with Crippen LogP contribution in [0.15, 0.2) is 18.2 Å². The lowest BCUT2D eigenvalue weighted by atomic mass is 10.0. The van der Waals surface area contributed by atoms with Crippen molar-refractivity contribution in [2.24, 2.45) is 0 Å². The quantitative estimate of drug-likeness (QED) is 0.863. The van der Waals surface area contributed by atoms with Gasteiger partial charge in [0, 0.05) is 18.7 Å². The van der Waals surface area contributed by atoms with Crippen LogP contribution in [-0.2, 0) is 4.74 Å². The summed E-state index contributed by atoms with van der Waals surface area (Å²) < 4.78 is 35.3. The normalized spacial score (nSPS) is 24.5. The summed E-state index contributed by atoms with van der Waals surface area (Å²) in [5, 5.41) is 8.04. The molecular weight excluding hydrogens is 314 g/mol. The van der Waals surface area contributed by atoms with Gasteiger partial charge in [0.05, 0.1) is 6.04 Å². The number of ether oxygens (including phenoxy) is 1. The van der Waals surface area contributed by atoms with Crippen molar-refractivity contribution in [1.29, 1.82) is 0 Å². The van der Waals surface area contributed by atoms with Crippen molar-refractivity contribution in [2.75, 3.05) is 18.1 Å². The highest BCUT2D eigenvalue weighted by Crippen LogP contribution is 2.38. The SMILES string of the molecule is Fc1ccc(F)c([C@H]2CCCN2c2[c]nnn2[C@H]2CCCCO2)c1. The molecule has 0 bridgehead atoms. The van der Waals surface area contributed by atoms with Crippen LogP contribution < -0.4 is 4.90 Å². The second-order valence-corrected chi connectivity index (χ2v) is 6.31. The number of hydrogen-bond acceptors (Lipinski definition) is 4. The smallest absolute Gasteiger partial charge is 0.161 e. The molecule has 1 radical (unpaired) electrons. The molecule has 0 spiro atoms. The third-order valence-corrected chi connectivity index (χ3v) is 4.78. The molecule has 2 atom stereocenters. The summed E-state index contributed by atoms with van der Waals surface area (Å²) in [6.45, 7) is 1.43. The maximum absolute atomic E-state index is 14.2. The van der Waals surface area contributed by atoms with Crippen LogP contribution in [0.4, 0.5) is 14.6 Å². The monoisotopic (exact) mass is 333 g/mol. The molecule has 24 heavy (non-hydrogen) atoms. The van der Waals surface area contributed by atoms with Crippen molar-refractivity contribution in [3.63, 3.8) is 0 Å². The zero-order chi connectivity index (χ0) is 16.5. The summed E-state index contributed by atoms with van der Waals surface area (Å²) in [4.78, 5) is 2.01. The van der Waals surface area contributed by atoms with E-state index in [-0.39, 0.29) is 18.1 Å². The lowest BCUT2D eigenvalue weighted by molar-refractivity contribution is -0.0396. The number of anilines is 1. The fourth-order valence-electron chi connectivity index (χ4n) is 3.63. The molecule has 0 N–H and O–H groups in total. The molecule has 5 nitrogen and oxygen atoms in total. The van der Waals surface area contributed by atoms with Crippen molar-refractivity contribution >= 4 is 5.82 Å². The van der Waals surface area contributed by atoms with Gasteiger partial charge >= 0.3 is 0 Å². The van der Waals surface area contributed by atoms with E-state index in [4.69, 9.17) is 4.74 Å². The molecule has 0 saturated carbocycles. The molecule has 0 amide bonds. The van der Waals surface area contributed by atoms with Gasteiger partial charge in [-0.1, -0.05) is 5.21 Å². The molecule has 0 unspecified atom stereocenters. The van der Waals surface area contributed by atoms with E-state index in [2.05, 4.69) is 16.5 Å². The van der Waals surface area contributed by atoms with Crippen LogP contribution in [0.5, 0.6) is 0 Å². The molecule has 127 valence electrons. The Morgan fingerprint density at radius 2 is 2.08 bits per heavy atom. The van der Waals surface area contributed by atoms with Gasteiger partial charge in [-0.2, -0.15) is 0 Å². The topological polar surface area (TPSA) is 43.2 Å². The van der Waals surface area contributed by atoms with Crippen molar-refractivity contribution in [2.45, 2.75) is 44.4 Å². The Hall–Kier alpha value is -2.02. The second-order valence-electron chi connectivity index (χ2n) is 6.31. The minimum absolute atomic E-state index is 0.161. The summed E-state index contributed by atoms with van der Waals surface area (Å²) >= 11 is 0. The largest absolute Gasteiger partial charge is 0.356 e. The van der Waals surface area contributed by atoms with Gasteiger partial charge in [0.15, 0.2) is 18.2 Å². The van der Waals surface area contributed by atoms with Crippen LogP contribution >= 0.6 is 0 Å². The van der Waals surface area contributed by atoms with Gasteiger partial charge in [-0.15, -0.1) is 5.10 Å². The van der Waals surface area contributed by atoms with Gasteiger partial charge in [-0.05, 0) is 50.3 Å². The highest BCUT2D eigenvalue weighted by atomic mass is 19.1. The lowest BCUT2D eigenvalue weighted by Crippen LogP contribution is -2.29. The van der Waals surface area contributed by atoms with E-state index in [0.717, 1.165) is 44.7 Å². The van der Waals surface area contributed by atoms with E-state index in [0.29, 0.717) is 18.0 Å². The molecule has 7 heteroatoms. The van der Waals surface area contributed by atoms with Crippen LogP contribution in [0.2, 0.25) is 0 Å². The standard InChI is InChI=1S/C17H19F2N4O/c18-12-6-7-14(19)13(10-12)15-4-3-8-22(15)16-11-20-21-23(16)17-5-1-2-9-24-17/h6-7,10,15,17H,1-5,8-9H2/t15-,17-/m1/s1. The zero-order valence-corrected chi connectivity index (χ0v) is 13.3. The molecule has 2 aliphatic rings. The summed E-state index contributed by atoms with van der Waals surface area (Å²) in [6.07, 6.45) is 7.39. The van der Waals surface area contributed by atoms with Crippen LogP contribution in [0.1, 0.15) is 49.9 Å². The highest BCUT2D eigenvalue weighted by molar-refractivity contribution is 5.42. The third-order valence-electron chi connectivity index (χ3n) is 4.78. The van der Waals surface area contributed by atoms with E-state index in [1.807, 2.05) is 4.90 Å². The number of halogens is 2. The van der Waals surface area contributed by atoms with Gasteiger partial charge in [0.25, 0.3) is 0 Å². The summed E-state index contributed by atoms with van der Waals surface area (Å²) in [6, 6.07) is 3.37. The number of aromatic nitrogens is 3. The van der Waals surface area contributed by atoms with Crippen LogP contribution in [0.25, 0.3) is 0 Å².